The average molecular weight is 322 g/mol. The lowest BCUT2D eigenvalue weighted by Gasteiger charge is -2.20. The predicted molar refractivity (Wildman–Crippen MR) is 86.5 cm³/mol. The van der Waals surface area contributed by atoms with Gasteiger partial charge in [0.25, 0.3) is 5.91 Å². The van der Waals surface area contributed by atoms with Crippen LogP contribution in [0.25, 0.3) is 0 Å². The maximum Gasteiger partial charge on any atom is 0.269 e. The van der Waals surface area contributed by atoms with Crippen molar-refractivity contribution in [3.05, 3.63) is 26.7 Å². The Morgan fingerprint density at radius 3 is 2.76 bits per heavy atom. The third-order valence-electron chi connectivity index (χ3n) is 3.60. The summed E-state index contributed by atoms with van der Waals surface area (Å²) in [4.78, 5) is 22.8. The number of carbonyl (C=O) groups is 1. The molecule has 21 heavy (non-hydrogen) atoms. The van der Waals surface area contributed by atoms with Crippen LogP contribution in [-0.2, 0) is 0 Å². The Morgan fingerprint density at radius 1 is 1.33 bits per heavy atom. The van der Waals surface area contributed by atoms with Gasteiger partial charge in [-0.25, -0.2) is 9.97 Å². The molecule has 2 aromatic heterocycles. The molecule has 0 atom stereocenters. The van der Waals surface area contributed by atoms with Crippen molar-refractivity contribution in [3.63, 3.8) is 0 Å². The summed E-state index contributed by atoms with van der Waals surface area (Å²) in [5.74, 6) is 0.464. The number of carbonyl (C=O) groups excluding carboxylic acids is 1. The van der Waals surface area contributed by atoms with Crippen molar-refractivity contribution >= 4 is 33.7 Å². The van der Waals surface area contributed by atoms with Gasteiger partial charge in [-0.05, 0) is 45.7 Å². The number of piperidine rings is 1. The second-order valence-corrected chi connectivity index (χ2v) is 7.46. The Hall–Kier alpha value is -1.31. The van der Waals surface area contributed by atoms with E-state index in [9.17, 15) is 4.79 Å². The van der Waals surface area contributed by atoms with E-state index in [1.807, 2.05) is 20.0 Å². The number of aryl methyl sites for hydroxylation is 2. The molecule has 1 fully saturated rings. The number of anilines is 1. The summed E-state index contributed by atoms with van der Waals surface area (Å²) < 4.78 is 0. The molecule has 0 unspecified atom stereocenters. The molecule has 0 aromatic carbocycles. The smallest absolute Gasteiger partial charge is 0.269 e. The van der Waals surface area contributed by atoms with Crippen LogP contribution in [0.3, 0.4) is 0 Å². The number of rotatable bonds is 3. The Morgan fingerprint density at radius 2 is 2.10 bits per heavy atom. The van der Waals surface area contributed by atoms with E-state index in [1.165, 1.54) is 16.2 Å². The van der Waals surface area contributed by atoms with Crippen molar-refractivity contribution in [3.8, 4) is 0 Å². The van der Waals surface area contributed by atoms with Crippen LogP contribution >= 0.6 is 22.7 Å². The minimum Gasteiger partial charge on any atom is -0.317 e. The number of nitrogens with one attached hydrogen (secondary N) is 2. The summed E-state index contributed by atoms with van der Waals surface area (Å²) in [5, 5.41) is 7.85. The van der Waals surface area contributed by atoms with Crippen molar-refractivity contribution in [2.45, 2.75) is 32.6 Å². The Kier molecular flexibility index (Phi) is 4.32. The largest absolute Gasteiger partial charge is 0.317 e. The van der Waals surface area contributed by atoms with Crippen LogP contribution in [0.4, 0.5) is 5.13 Å². The summed E-state index contributed by atoms with van der Waals surface area (Å²) in [6, 6.07) is 0. The maximum absolute atomic E-state index is 12.2. The molecular formula is C14H18N4OS2. The molecule has 0 saturated carbocycles. The van der Waals surface area contributed by atoms with E-state index >= 15 is 0 Å². The van der Waals surface area contributed by atoms with Crippen molar-refractivity contribution in [2.24, 2.45) is 0 Å². The average Bonchev–Trinajstić information content (AvgIpc) is 3.06. The van der Waals surface area contributed by atoms with E-state index < -0.39 is 0 Å². The van der Waals surface area contributed by atoms with Crippen molar-refractivity contribution in [1.29, 1.82) is 0 Å². The molecule has 1 saturated heterocycles. The molecule has 0 aliphatic carbocycles. The molecule has 1 amide bonds. The molecule has 1 aliphatic heterocycles. The highest BCUT2D eigenvalue weighted by Crippen LogP contribution is 2.32. The molecule has 3 heterocycles. The molecule has 3 rings (SSSR count). The SMILES string of the molecule is Cc1nc(C)c(C(=O)Nc2ncc(C3CCNCC3)s2)s1. The topological polar surface area (TPSA) is 66.9 Å². The standard InChI is InChI=1S/C14H18N4OS2/c1-8-12(20-9(2)17-8)13(19)18-14-16-7-11(21-14)10-3-5-15-6-4-10/h7,10,15H,3-6H2,1-2H3,(H,16,18,19). The lowest BCUT2D eigenvalue weighted by atomic mass is 9.97. The van der Waals surface area contributed by atoms with Gasteiger partial charge in [-0.2, -0.15) is 0 Å². The summed E-state index contributed by atoms with van der Waals surface area (Å²) in [6.45, 7) is 5.89. The van der Waals surface area contributed by atoms with Gasteiger partial charge in [0, 0.05) is 11.1 Å². The van der Waals surface area contributed by atoms with E-state index in [4.69, 9.17) is 0 Å². The lowest BCUT2D eigenvalue weighted by Crippen LogP contribution is -2.26. The molecule has 2 aromatic rings. The monoisotopic (exact) mass is 322 g/mol. The van der Waals surface area contributed by atoms with E-state index in [2.05, 4.69) is 20.6 Å². The van der Waals surface area contributed by atoms with Gasteiger partial charge in [0.2, 0.25) is 0 Å². The normalized spacial score (nSPS) is 16.1. The molecule has 0 bridgehead atoms. The molecular weight excluding hydrogens is 304 g/mol. The van der Waals surface area contributed by atoms with E-state index in [1.54, 1.807) is 11.3 Å². The molecule has 1 aliphatic rings. The number of hydrogen-bond donors (Lipinski definition) is 2. The van der Waals surface area contributed by atoms with Gasteiger partial charge in [-0.3, -0.25) is 10.1 Å². The Balaban J connectivity index is 1.69. The predicted octanol–water partition coefficient (Wildman–Crippen LogP) is 2.94. The van der Waals surface area contributed by atoms with Gasteiger partial charge in [-0.15, -0.1) is 22.7 Å². The lowest BCUT2D eigenvalue weighted by molar-refractivity contribution is 0.103. The third kappa shape index (κ3) is 3.30. The Bertz CT molecular complexity index is 643. The van der Waals surface area contributed by atoms with Gasteiger partial charge < -0.3 is 5.32 Å². The van der Waals surface area contributed by atoms with Gasteiger partial charge in [0.1, 0.15) is 4.88 Å². The zero-order valence-electron chi connectivity index (χ0n) is 12.1. The van der Waals surface area contributed by atoms with Crippen molar-refractivity contribution in [1.82, 2.24) is 15.3 Å². The second-order valence-electron chi connectivity index (χ2n) is 5.19. The fourth-order valence-corrected chi connectivity index (χ4v) is 4.33. The highest BCUT2D eigenvalue weighted by Gasteiger charge is 2.19. The van der Waals surface area contributed by atoms with Crippen LogP contribution < -0.4 is 10.6 Å². The van der Waals surface area contributed by atoms with Crippen LogP contribution in [0.2, 0.25) is 0 Å². The summed E-state index contributed by atoms with van der Waals surface area (Å²) in [5.41, 5.74) is 0.783. The zero-order chi connectivity index (χ0) is 14.8. The molecule has 0 spiro atoms. The minimum absolute atomic E-state index is 0.107. The molecule has 0 radical (unpaired) electrons. The number of thiazole rings is 2. The summed E-state index contributed by atoms with van der Waals surface area (Å²) in [7, 11) is 0. The quantitative estimate of drug-likeness (QED) is 0.912. The second kappa shape index (κ2) is 6.21. The third-order valence-corrected chi connectivity index (χ3v) is 5.74. The van der Waals surface area contributed by atoms with E-state index in [0.29, 0.717) is 15.9 Å². The van der Waals surface area contributed by atoms with E-state index in [0.717, 1.165) is 36.6 Å². The minimum atomic E-state index is -0.107. The van der Waals surface area contributed by atoms with Crippen LogP contribution in [0.15, 0.2) is 6.20 Å². The van der Waals surface area contributed by atoms with Crippen molar-refractivity contribution in [2.75, 3.05) is 18.4 Å². The highest BCUT2D eigenvalue weighted by molar-refractivity contribution is 7.16. The van der Waals surface area contributed by atoms with Crippen LogP contribution in [0, 0.1) is 13.8 Å². The first-order chi connectivity index (χ1) is 10.1. The molecule has 2 N–H and O–H groups in total. The summed E-state index contributed by atoms with van der Waals surface area (Å²) in [6.07, 6.45) is 4.19. The maximum atomic E-state index is 12.2. The van der Waals surface area contributed by atoms with Gasteiger partial charge in [-0.1, -0.05) is 0 Å². The fourth-order valence-electron chi connectivity index (χ4n) is 2.54. The molecule has 112 valence electrons. The molecule has 5 nitrogen and oxygen atoms in total. The van der Waals surface area contributed by atoms with Crippen molar-refractivity contribution < 1.29 is 4.79 Å². The highest BCUT2D eigenvalue weighted by atomic mass is 32.1. The number of aromatic nitrogens is 2. The molecule has 7 heteroatoms. The van der Waals surface area contributed by atoms with Crippen LogP contribution in [-0.4, -0.2) is 29.0 Å². The van der Waals surface area contributed by atoms with Crippen LogP contribution in [0.5, 0.6) is 0 Å². The summed E-state index contributed by atoms with van der Waals surface area (Å²) >= 11 is 3.01. The number of nitrogens with zero attached hydrogens (tertiary/aromatic N) is 2. The first kappa shape index (κ1) is 14.6. The first-order valence-electron chi connectivity index (χ1n) is 7.05. The van der Waals surface area contributed by atoms with Gasteiger partial charge in [0.15, 0.2) is 5.13 Å². The zero-order valence-corrected chi connectivity index (χ0v) is 13.7. The number of hydrogen-bond acceptors (Lipinski definition) is 6. The number of amides is 1. The first-order valence-corrected chi connectivity index (χ1v) is 8.68. The van der Waals surface area contributed by atoms with Gasteiger partial charge in [0.05, 0.1) is 10.7 Å². The van der Waals surface area contributed by atoms with Crippen LogP contribution in [0.1, 0.15) is 44.0 Å². The van der Waals surface area contributed by atoms with E-state index in [-0.39, 0.29) is 5.91 Å². The fraction of sp³-hybridized carbons (Fsp3) is 0.500. The Labute approximate surface area is 131 Å². The van der Waals surface area contributed by atoms with Gasteiger partial charge >= 0.3 is 0 Å².